The second-order valence-corrected chi connectivity index (χ2v) is 7.28. The van der Waals surface area contributed by atoms with Gasteiger partial charge in [0.25, 0.3) is 0 Å². The van der Waals surface area contributed by atoms with E-state index in [-0.39, 0.29) is 23.3 Å². The predicted molar refractivity (Wildman–Crippen MR) is 109 cm³/mol. The van der Waals surface area contributed by atoms with Crippen molar-refractivity contribution in [3.05, 3.63) is 41.7 Å². The van der Waals surface area contributed by atoms with E-state index in [2.05, 4.69) is 37.4 Å². The molecule has 1 fully saturated rings. The molecule has 1 amide bonds. The third-order valence-electron chi connectivity index (χ3n) is 5.21. The first kappa shape index (κ1) is 19.8. The summed E-state index contributed by atoms with van der Waals surface area (Å²) in [6.45, 7) is 0.800. The summed E-state index contributed by atoms with van der Waals surface area (Å²) >= 11 is 0. The van der Waals surface area contributed by atoms with Gasteiger partial charge in [-0.1, -0.05) is 12.8 Å². The monoisotopic (exact) mass is 410 g/mol. The summed E-state index contributed by atoms with van der Waals surface area (Å²) in [5, 5.41) is 7.25. The van der Waals surface area contributed by atoms with Crippen molar-refractivity contribution in [1.82, 2.24) is 19.5 Å². The van der Waals surface area contributed by atoms with Crippen LogP contribution in [-0.2, 0) is 4.79 Å². The first-order valence-corrected chi connectivity index (χ1v) is 9.50. The van der Waals surface area contributed by atoms with E-state index in [4.69, 9.17) is 0 Å². The van der Waals surface area contributed by atoms with E-state index in [0.717, 1.165) is 11.0 Å². The lowest BCUT2D eigenvalue weighted by molar-refractivity contribution is -0.117. The third kappa shape index (κ3) is 3.68. The topological polar surface area (TPSA) is 84.7 Å². The maximum Gasteiger partial charge on any atom is 0.320 e. The minimum Gasteiger partial charge on any atom is -0.373 e. The van der Waals surface area contributed by atoms with Crippen molar-refractivity contribution in [2.75, 3.05) is 17.7 Å². The highest BCUT2D eigenvalue weighted by Gasteiger charge is 2.39. The molecule has 1 saturated carbocycles. The number of nitrogens with one attached hydrogen (secondary N) is 2. The molecule has 3 aromatic rings. The minimum absolute atomic E-state index is 0.0185. The molecule has 3 heterocycles. The SMILES string of the molecule is CNc1ncc(C#Cc2cnc(C)n2C(F)F)c2cc(NC(=O)[C@H]3C[C@H]3C)ncc12. The van der Waals surface area contributed by atoms with Crippen LogP contribution in [0.4, 0.5) is 20.4 Å². The van der Waals surface area contributed by atoms with Crippen molar-refractivity contribution in [2.45, 2.75) is 26.8 Å². The van der Waals surface area contributed by atoms with Crippen molar-refractivity contribution in [3.8, 4) is 11.8 Å². The molecule has 7 nitrogen and oxygen atoms in total. The van der Waals surface area contributed by atoms with Gasteiger partial charge in [0.2, 0.25) is 5.91 Å². The first-order chi connectivity index (χ1) is 14.4. The summed E-state index contributed by atoms with van der Waals surface area (Å²) in [4.78, 5) is 24.8. The fourth-order valence-corrected chi connectivity index (χ4v) is 3.33. The number of rotatable bonds is 4. The molecule has 0 bridgehead atoms. The van der Waals surface area contributed by atoms with Crippen LogP contribution in [0.5, 0.6) is 0 Å². The minimum atomic E-state index is -2.73. The van der Waals surface area contributed by atoms with Crippen LogP contribution in [0.25, 0.3) is 10.8 Å². The Hall–Kier alpha value is -3.54. The van der Waals surface area contributed by atoms with Gasteiger partial charge in [-0.25, -0.2) is 15.0 Å². The van der Waals surface area contributed by atoms with Crippen LogP contribution in [0.15, 0.2) is 24.7 Å². The van der Waals surface area contributed by atoms with Gasteiger partial charge in [0.1, 0.15) is 23.2 Å². The zero-order valence-electron chi connectivity index (χ0n) is 16.7. The summed E-state index contributed by atoms with van der Waals surface area (Å²) in [6, 6.07) is 1.72. The number of nitrogens with zero attached hydrogens (tertiary/aromatic N) is 4. The zero-order valence-corrected chi connectivity index (χ0v) is 16.7. The molecule has 0 aromatic carbocycles. The number of hydrogen-bond donors (Lipinski definition) is 2. The summed E-state index contributed by atoms with van der Waals surface area (Å²) in [7, 11) is 1.74. The number of anilines is 2. The third-order valence-corrected chi connectivity index (χ3v) is 5.21. The van der Waals surface area contributed by atoms with Gasteiger partial charge >= 0.3 is 6.55 Å². The number of pyridine rings is 2. The highest BCUT2D eigenvalue weighted by Crippen LogP contribution is 2.38. The van der Waals surface area contributed by atoms with E-state index in [0.29, 0.717) is 33.9 Å². The Balaban J connectivity index is 1.74. The van der Waals surface area contributed by atoms with E-state index in [1.807, 2.05) is 6.92 Å². The molecule has 3 aromatic heterocycles. The van der Waals surface area contributed by atoms with E-state index < -0.39 is 6.55 Å². The molecule has 0 unspecified atom stereocenters. The molecule has 1 aliphatic carbocycles. The lowest BCUT2D eigenvalue weighted by Crippen LogP contribution is -2.15. The van der Waals surface area contributed by atoms with Crippen LogP contribution in [0, 0.1) is 30.6 Å². The van der Waals surface area contributed by atoms with Gasteiger partial charge < -0.3 is 10.6 Å². The van der Waals surface area contributed by atoms with Gasteiger partial charge in [-0.3, -0.25) is 9.36 Å². The van der Waals surface area contributed by atoms with Gasteiger partial charge in [-0.15, -0.1) is 0 Å². The van der Waals surface area contributed by atoms with Crippen molar-refractivity contribution >= 4 is 28.3 Å². The zero-order chi connectivity index (χ0) is 21.4. The van der Waals surface area contributed by atoms with E-state index in [1.54, 1.807) is 25.5 Å². The van der Waals surface area contributed by atoms with Crippen molar-refractivity contribution in [2.24, 2.45) is 11.8 Å². The molecule has 2 atom stereocenters. The van der Waals surface area contributed by atoms with E-state index in [9.17, 15) is 13.6 Å². The molecule has 0 aliphatic heterocycles. The van der Waals surface area contributed by atoms with E-state index in [1.165, 1.54) is 13.1 Å². The Morgan fingerprint density at radius 2 is 1.97 bits per heavy atom. The van der Waals surface area contributed by atoms with Gasteiger partial charge in [0.05, 0.1) is 11.8 Å². The average molecular weight is 410 g/mol. The smallest absolute Gasteiger partial charge is 0.320 e. The first-order valence-electron chi connectivity index (χ1n) is 9.50. The molecule has 2 N–H and O–H groups in total. The fourth-order valence-electron chi connectivity index (χ4n) is 3.33. The number of hydrogen-bond acceptors (Lipinski definition) is 5. The molecule has 154 valence electrons. The molecular weight excluding hydrogens is 390 g/mol. The van der Waals surface area contributed by atoms with Crippen molar-refractivity contribution in [1.29, 1.82) is 0 Å². The van der Waals surface area contributed by atoms with Crippen LogP contribution < -0.4 is 10.6 Å². The number of aromatic nitrogens is 4. The van der Waals surface area contributed by atoms with Crippen LogP contribution >= 0.6 is 0 Å². The van der Waals surface area contributed by atoms with Gasteiger partial charge in [0, 0.05) is 36.1 Å². The van der Waals surface area contributed by atoms with Crippen LogP contribution in [-0.4, -0.2) is 32.5 Å². The number of carbonyl (C=O) groups excluding carboxylic acids is 1. The Kier molecular flexibility index (Phi) is 5.08. The van der Waals surface area contributed by atoms with Crippen molar-refractivity contribution in [3.63, 3.8) is 0 Å². The number of imidazole rings is 1. The Morgan fingerprint density at radius 3 is 2.63 bits per heavy atom. The fraction of sp³-hybridized carbons (Fsp3) is 0.333. The van der Waals surface area contributed by atoms with E-state index >= 15 is 0 Å². The molecule has 4 rings (SSSR count). The molecule has 9 heteroatoms. The van der Waals surface area contributed by atoms with Crippen LogP contribution in [0.3, 0.4) is 0 Å². The highest BCUT2D eigenvalue weighted by molar-refractivity contribution is 5.99. The highest BCUT2D eigenvalue weighted by atomic mass is 19.3. The summed E-state index contributed by atoms with van der Waals surface area (Å²) in [5.74, 6) is 7.22. The van der Waals surface area contributed by atoms with Crippen LogP contribution in [0.2, 0.25) is 0 Å². The summed E-state index contributed by atoms with van der Waals surface area (Å²) in [5.41, 5.74) is 0.639. The van der Waals surface area contributed by atoms with Crippen LogP contribution in [0.1, 0.15) is 37.0 Å². The predicted octanol–water partition coefficient (Wildman–Crippen LogP) is 3.57. The summed E-state index contributed by atoms with van der Waals surface area (Å²) < 4.78 is 27.3. The quantitative estimate of drug-likeness (QED) is 0.643. The second-order valence-electron chi connectivity index (χ2n) is 7.28. The maximum atomic E-state index is 13.3. The number of fused-ring (bicyclic) bond motifs is 1. The molecule has 0 radical (unpaired) electrons. The molecule has 0 saturated heterocycles. The normalized spacial score (nSPS) is 17.5. The van der Waals surface area contributed by atoms with Crippen molar-refractivity contribution < 1.29 is 13.6 Å². The lowest BCUT2D eigenvalue weighted by atomic mass is 10.1. The largest absolute Gasteiger partial charge is 0.373 e. The Labute approximate surface area is 171 Å². The lowest BCUT2D eigenvalue weighted by Gasteiger charge is -2.09. The van der Waals surface area contributed by atoms with Gasteiger partial charge in [0.15, 0.2) is 0 Å². The summed E-state index contributed by atoms with van der Waals surface area (Å²) in [6.07, 6.45) is 5.36. The second kappa shape index (κ2) is 7.71. The Bertz CT molecular complexity index is 1190. The molecule has 0 spiro atoms. The molecular formula is C21H20F2N6O. The van der Waals surface area contributed by atoms with Gasteiger partial charge in [-0.2, -0.15) is 8.78 Å². The number of halogens is 2. The molecule has 30 heavy (non-hydrogen) atoms. The Morgan fingerprint density at radius 1 is 1.20 bits per heavy atom. The average Bonchev–Trinajstić information content (AvgIpc) is 3.34. The number of alkyl halides is 2. The maximum absolute atomic E-state index is 13.3. The van der Waals surface area contributed by atoms with Gasteiger partial charge in [-0.05, 0) is 31.2 Å². The number of aryl methyl sites for hydroxylation is 1. The molecule has 1 aliphatic rings. The standard InChI is InChI=1S/C21H20F2N6O/c1-11-6-15(11)20(30)28-18-7-16-13(8-27-19(24-3)17(16)10-26-18)4-5-14-9-25-12(2)29(14)21(22)23/h7-11,15,21H,6H2,1-3H3,(H,24,27)(H,26,28,30)/t11-,15+/m1/s1. The number of amides is 1. The number of carbonyl (C=O) groups is 1.